The maximum atomic E-state index is 11.8. The standard InChI is InChI=1S/C12H19NO3/c14-10-5-7-13(8-6-10)12(15)9-16-11-3-1-2-4-11/h11H,1-9H2. The zero-order valence-corrected chi connectivity index (χ0v) is 9.61. The van der Waals surface area contributed by atoms with E-state index in [0.717, 1.165) is 12.8 Å². The van der Waals surface area contributed by atoms with Gasteiger partial charge in [-0.1, -0.05) is 12.8 Å². The lowest BCUT2D eigenvalue weighted by atomic mass is 10.1. The Labute approximate surface area is 95.9 Å². The molecule has 2 fully saturated rings. The largest absolute Gasteiger partial charge is 0.368 e. The van der Waals surface area contributed by atoms with Crippen molar-refractivity contribution in [3.8, 4) is 0 Å². The monoisotopic (exact) mass is 225 g/mol. The Hall–Kier alpha value is -0.900. The van der Waals surface area contributed by atoms with E-state index < -0.39 is 0 Å². The number of amides is 1. The van der Waals surface area contributed by atoms with Crippen molar-refractivity contribution < 1.29 is 14.3 Å². The van der Waals surface area contributed by atoms with Crippen molar-refractivity contribution >= 4 is 11.7 Å². The molecule has 1 aliphatic heterocycles. The van der Waals surface area contributed by atoms with Gasteiger partial charge in [0.2, 0.25) is 5.91 Å². The zero-order chi connectivity index (χ0) is 11.4. The number of Topliss-reactive ketones (excluding diaryl/α,β-unsaturated/α-hetero) is 1. The number of piperidine rings is 1. The van der Waals surface area contributed by atoms with E-state index >= 15 is 0 Å². The van der Waals surface area contributed by atoms with Crippen molar-refractivity contribution in [1.29, 1.82) is 0 Å². The highest BCUT2D eigenvalue weighted by Crippen LogP contribution is 2.20. The van der Waals surface area contributed by atoms with Gasteiger partial charge in [0, 0.05) is 25.9 Å². The van der Waals surface area contributed by atoms with Crippen LogP contribution in [0.5, 0.6) is 0 Å². The van der Waals surface area contributed by atoms with Gasteiger partial charge in [0.15, 0.2) is 0 Å². The Balaban J connectivity index is 1.68. The van der Waals surface area contributed by atoms with Crippen molar-refractivity contribution in [2.75, 3.05) is 19.7 Å². The Morgan fingerprint density at radius 2 is 1.88 bits per heavy atom. The van der Waals surface area contributed by atoms with Crippen LogP contribution in [0.3, 0.4) is 0 Å². The fourth-order valence-electron chi connectivity index (χ4n) is 2.34. The molecule has 0 unspecified atom stereocenters. The summed E-state index contributed by atoms with van der Waals surface area (Å²) in [6.45, 7) is 1.34. The SMILES string of the molecule is O=C1CCN(C(=O)COC2CCCC2)CC1. The van der Waals surface area contributed by atoms with Gasteiger partial charge in [0.25, 0.3) is 0 Å². The smallest absolute Gasteiger partial charge is 0.248 e. The first-order valence-electron chi connectivity index (χ1n) is 6.17. The lowest BCUT2D eigenvalue weighted by Crippen LogP contribution is -2.41. The summed E-state index contributed by atoms with van der Waals surface area (Å²) < 4.78 is 5.57. The molecule has 0 spiro atoms. The quantitative estimate of drug-likeness (QED) is 0.723. The summed E-state index contributed by atoms with van der Waals surface area (Å²) in [6.07, 6.45) is 5.92. The van der Waals surface area contributed by atoms with Crippen LogP contribution in [0.15, 0.2) is 0 Å². The summed E-state index contributed by atoms with van der Waals surface area (Å²) in [7, 11) is 0. The van der Waals surface area contributed by atoms with Crippen LogP contribution in [-0.4, -0.2) is 42.4 Å². The van der Waals surface area contributed by atoms with E-state index in [1.165, 1.54) is 12.8 Å². The van der Waals surface area contributed by atoms with Crippen molar-refractivity contribution in [3.05, 3.63) is 0 Å². The average molecular weight is 225 g/mol. The van der Waals surface area contributed by atoms with E-state index in [1.807, 2.05) is 0 Å². The fraction of sp³-hybridized carbons (Fsp3) is 0.833. The van der Waals surface area contributed by atoms with Crippen LogP contribution in [0, 0.1) is 0 Å². The van der Waals surface area contributed by atoms with E-state index in [1.54, 1.807) is 4.90 Å². The molecule has 1 aliphatic carbocycles. The van der Waals surface area contributed by atoms with E-state index in [0.29, 0.717) is 25.9 Å². The van der Waals surface area contributed by atoms with Crippen LogP contribution in [0.4, 0.5) is 0 Å². The highest BCUT2D eigenvalue weighted by atomic mass is 16.5. The minimum atomic E-state index is 0.0411. The molecule has 1 saturated carbocycles. The number of carbonyl (C=O) groups is 2. The molecule has 0 atom stereocenters. The summed E-state index contributed by atoms with van der Waals surface area (Å²) in [5, 5.41) is 0. The normalized spacial score (nSPS) is 22.8. The molecule has 4 heteroatoms. The van der Waals surface area contributed by atoms with Crippen LogP contribution in [0.25, 0.3) is 0 Å². The van der Waals surface area contributed by atoms with Crippen molar-refractivity contribution in [3.63, 3.8) is 0 Å². The molecule has 2 aliphatic rings. The Morgan fingerprint density at radius 3 is 2.50 bits per heavy atom. The van der Waals surface area contributed by atoms with E-state index in [4.69, 9.17) is 4.74 Å². The number of hydrogen-bond donors (Lipinski definition) is 0. The molecule has 0 N–H and O–H groups in total. The van der Waals surface area contributed by atoms with Gasteiger partial charge in [-0.25, -0.2) is 0 Å². The van der Waals surface area contributed by atoms with Gasteiger partial charge in [-0.2, -0.15) is 0 Å². The highest BCUT2D eigenvalue weighted by Gasteiger charge is 2.22. The third kappa shape index (κ3) is 3.04. The maximum absolute atomic E-state index is 11.8. The molecule has 0 radical (unpaired) electrons. The molecule has 4 nitrogen and oxygen atoms in total. The minimum absolute atomic E-state index is 0.0411. The number of likely N-dealkylation sites (tertiary alicyclic amines) is 1. The number of ketones is 1. The first-order valence-corrected chi connectivity index (χ1v) is 6.17. The molecule has 1 amide bonds. The van der Waals surface area contributed by atoms with Crippen LogP contribution >= 0.6 is 0 Å². The second-order valence-corrected chi connectivity index (χ2v) is 4.64. The van der Waals surface area contributed by atoms with E-state index in [2.05, 4.69) is 0 Å². The van der Waals surface area contributed by atoms with Crippen LogP contribution in [0.1, 0.15) is 38.5 Å². The van der Waals surface area contributed by atoms with Gasteiger partial charge in [0.05, 0.1) is 6.10 Å². The summed E-state index contributed by atoms with van der Waals surface area (Å²) >= 11 is 0. The second-order valence-electron chi connectivity index (χ2n) is 4.64. The van der Waals surface area contributed by atoms with Gasteiger partial charge >= 0.3 is 0 Å². The van der Waals surface area contributed by atoms with E-state index in [-0.39, 0.29) is 24.4 Å². The van der Waals surface area contributed by atoms with Crippen LogP contribution < -0.4 is 0 Å². The molecule has 90 valence electrons. The molecular formula is C12H19NO3. The van der Waals surface area contributed by atoms with Crippen molar-refractivity contribution in [2.24, 2.45) is 0 Å². The topological polar surface area (TPSA) is 46.6 Å². The number of rotatable bonds is 3. The predicted molar refractivity (Wildman–Crippen MR) is 59.0 cm³/mol. The van der Waals surface area contributed by atoms with Crippen LogP contribution in [-0.2, 0) is 14.3 Å². The molecule has 1 heterocycles. The summed E-state index contributed by atoms with van der Waals surface area (Å²) in [4.78, 5) is 24.5. The summed E-state index contributed by atoms with van der Waals surface area (Å²) in [6, 6.07) is 0. The average Bonchev–Trinajstić information content (AvgIpc) is 2.80. The van der Waals surface area contributed by atoms with Gasteiger partial charge in [-0.3, -0.25) is 9.59 Å². The molecule has 0 aromatic carbocycles. The molecule has 16 heavy (non-hydrogen) atoms. The first kappa shape index (κ1) is 11.6. The highest BCUT2D eigenvalue weighted by molar-refractivity contribution is 5.83. The first-order chi connectivity index (χ1) is 7.75. The molecule has 0 aromatic heterocycles. The molecule has 0 bridgehead atoms. The minimum Gasteiger partial charge on any atom is -0.368 e. The van der Waals surface area contributed by atoms with Crippen molar-refractivity contribution in [1.82, 2.24) is 4.90 Å². The third-order valence-corrected chi connectivity index (χ3v) is 3.42. The molecule has 2 rings (SSSR count). The summed E-state index contributed by atoms with van der Waals surface area (Å²) in [5.74, 6) is 0.306. The van der Waals surface area contributed by atoms with Gasteiger partial charge in [-0.15, -0.1) is 0 Å². The maximum Gasteiger partial charge on any atom is 0.248 e. The van der Waals surface area contributed by atoms with Gasteiger partial charge in [0.1, 0.15) is 12.4 Å². The Kier molecular flexibility index (Phi) is 3.93. The van der Waals surface area contributed by atoms with Gasteiger partial charge in [-0.05, 0) is 12.8 Å². The van der Waals surface area contributed by atoms with E-state index in [9.17, 15) is 9.59 Å². The predicted octanol–water partition coefficient (Wildman–Crippen LogP) is 1.14. The Bertz CT molecular complexity index is 261. The Morgan fingerprint density at radius 1 is 1.25 bits per heavy atom. The molecule has 0 aromatic rings. The zero-order valence-electron chi connectivity index (χ0n) is 9.61. The number of nitrogens with zero attached hydrogens (tertiary/aromatic N) is 1. The van der Waals surface area contributed by atoms with Crippen molar-refractivity contribution in [2.45, 2.75) is 44.6 Å². The summed E-state index contributed by atoms with van der Waals surface area (Å²) in [5.41, 5.74) is 0. The van der Waals surface area contributed by atoms with Gasteiger partial charge < -0.3 is 9.64 Å². The molecule has 1 saturated heterocycles. The molecular weight excluding hydrogens is 206 g/mol. The lowest BCUT2D eigenvalue weighted by Gasteiger charge is -2.26. The van der Waals surface area contributed by atoms with Crippen LogP contribution in [0.2, 0.25) is 0 Å². The fourth-order valence-corrected chi connectivity index (χ4v) is 2.34. The second kappa shape index (κ2) is 5.43. The lowest BCUT2D eigenvalue weighted by molar-refractivity contribution is -0.140. The number of hydrogen-bond acceptors (Lipinski definition) is 3. The number of ether oxygens (including phenoxy) is 1. The third-order valence-electron chi connectivity index (χ3n) is 3.42. The number of carbonyl (C=O) groups excluding carboxylic acids is 2.